The quantitative estimate of drug-likeness (QED) is 0.873. The largest absolute Gasteiger partial charge is 0.454 e. The van der Waals surface area contributed by atoms with Crippen LogP contribution in [-0.2, 0) is 15.4 Å². The molecule has 0 saturated heterocycles. The Morgan fingerprint density at radius 3 is 2.65 bits per heavy atom. The lowest BCUT2D eigenvalue weighted by Crippen LogP contribution is -2.37. The molecule has 1 aliphatic rings. The third-order valence-corrected chi connectivity index (χ3v) is 4.89. The first-order chi connectivity index (χ1) is 9.34. The van der Waals surface area contributed by atoms with Crippen LogP contribution in [0.4, 0.5) is 0 Å². The Morgan fingerprint density at radius 1 is 1.25 bits per heavy atom. The van der Waals surface area contributed by atoms with Crippen LogP contribution in [-0.4, -0.2) is 27.5 Å². The Bertz CT molecular complexity index is 581. The van der Waals surface area contributed by atoms with E-state index in [1.54, 1.807) is 0 Å². The molecule has 6 heteroatoms. The lowest BCUT2D eigenvalue weighted by atomic mass is 9.85. The summed E-state index contributed by atoms with van der Waals surface area (Å²) in [5.41, 5.74) is 0.697. The van der Waals surface area contributed by atoms with Crippen molar-refractivity contribution >= 4 is 10.0 Å². The minimum Gasteiger partial charge on any atom is -0.454 e. The zero-order chi connectivity index (χ0) is 14.8. The number of nitrogens with one attached hydrogen (secondary N) is 1. The van der Waals surface area contributed by atoms with Crippen molar-refractivity contribution in [1.29, 1.82) is 0 Å². The Kier molecular flexibility index (Phi) is 4.25. The van der Waals surface area contributed by atoms with Crippen LogP contribution in [0.1, 0.15) is 32.8 Å². The fourth-order valence-electron chi connectivity index (χ4n) is 2.05. The average Bonchev–Trinajstić information content (AvgIpc) is 2.84. The molecule has 0 radical (unpaired) electrons. The van der Waals surface area contributed by atoms with Gasteiger partial charge in [0.2, 0.25) is 16.8 Å². The lowest BCUT2D eigenvalue weighted by Gasteiger charge is -2.25. The number of hydrogen-bond acceptors (Lipinski definition) is 4. The van der Waals surface area contributed by atoms with Crippen molar-refractivity contribution in [1.82, 2.24) is 4.72 Å². The Balaban J connectivity index is 2.10. The Hall–Kier alpha value is -1.27. The minimum absolute atomic E-state index is 0.157. The molecule has 0 amide bonds. The van der Waals surface area contributed by atoms with Crippen molar-refractivity contribution in [3.8, 4) is 11.5 Å². The Labute approximate surface area is 120 Å². The fourth-order valence-corrected chi connectivity index (χ4v) is 3.31. The highest BCUT2D eigenvalue weighted by Gasteiger charge is 2.25. The lowest BCUT2D eigenvalue weighted by molar-refractivity contribution is 0.174. The molecule has 1 N–H and O–H groups in total. The molecule has 0 fully saturated rings. The summed E-state index contributed by atoms with van der Waals surface area (Å²) in [6, 6.07) is 5.72. The van der Waals surface area contributed by atoms with Gasteiger partial charge in [0.1, 0.15) is 0 Å². The molecule has 1 aliphatic heterocycles. The van der Waals surface area contributed by atoms with E-state index in [0.29, 0.717) is 18.7 Å². The van der Waals surface area contributed by atoms with Gasteiger partial charge in [0.05, 0.1) is 5.75 Å². The van der Waals surface area contributed by atoms with Gasteiger partial charge >= 0.3 is 0 Å². The highest BCUT2D eigenvalue weighted by atomic mass is 32.2. The maximum atomic E-state index is 11.7. The zero-order valence-corrected chi connectivity index (χ0v) is 12.9. The Morgan fingerprint density at radius 2 is 1.95 bits per heavy atom. The molecule has 0 atom stereocenters. The molecule has 1 heterocycles. The van der Waals surface area contributed by atoms with Crippen molar-refractivity contribution < 1.29 is 17.9 Å². The van der Waals surface area contributed by atoms with Crippen LogP contribution in [0.3, 0.4) is 0 Å². The monoisotopic (exact) mass is 299 g/mol. The van der Waals surface area contributed by atoms with E-state index in [9.17, 15) is 8.42 Å². The standard InChI is InChI=1S/C14H21NO4S/c1-4-7-20(16,17)15-9-14(2,3)11-5-6-12-13(8-11)19-10-18-12/h5-6,8,15H,4,7,9-10H2,1-3H3. The van der Waals surface area contributed by atoms with Crippen molar-refractivity contribution in [3.63, 3.8) is 0 Å². The van der Waals surface area contributed by atoms with Crippen LogP contribution in [0.5, 0.6) is 11.5 Å². The van der Waals surface area contributed by atoms with Crippen LogP contribution in [0.2, 0.25) is 0 Å². The fraction of sp³-hybridized carbons (Fsp3) is 0.571. The van der Waals surface area contributed by atoms with Gasteiger partial charge in [-0.2, -0.15) is 0 Å². The smallest absolute Gasteiger partial charge is 0.231 e. The molecular weight excluding hydrogens is 278 g/mol. The second kappa shape index (κ2) is 5.61. The van der Waals surface area contributed by atoms with E-state index in [1.165, 1.54) is 0 Å². The van der Waals surface area contributed by atoms with Gasteiger partial charge in [-0.1, -0.05) is 26.8 Å². The molecule has 0 aliphatic carbocycles. The maximum absolute atomic E-state index is 11.7. The molecule has 5 nitrogen and oxygen atoms in total. The minimum atomic E-state index is -3.19. The summed E-state index contributed by atoms with van der Waals surface area (Å²) in [6.07, 6.45) is 0.611. The number of ether oxygens (including phenoxy) is 2. The molecule has 112 valence electrons. The molecule has 0 aromatic heterocycles. The summed E-state index contributed by atoms with van der Waals surface area (Å²) in [7, 11) is -3.19. The van der Waals surface area contributed by atoms with Gasteiger partial charge in [0, 0.05) is 12.0 Å². The highest BCUT2D eigenvalue weighted by Crippen LogP contribution is 2.36. The summed E-state index contributed by atoms with van der Waals surface area (Å²) in [5, 5.41) is 0. The van der Waals surface area contributed by atoms with Gasteiger partial charge in [-0.25, -0.2) is 13.1 Å². The third-order valence-electron chi connectivity index (χ3n) is 3.36. The summed E-state index contributed by atoms with van der Waals surface area (Å²) in [5.74, 6) is 1.60. The van der Waals surface area contributed by atoms with Crippen LogP contribution in [0.25, 0.3) is 0 Å². The molecular formula is C14H21NO4S. The van der Waals surface area contributed by atoms with Crippen LogP contribution in [0, 0.1) is 0 Å². The van der Waals surface area contributed by atoms with Gasteiger partial charge in [0.25, 0.3) is 0 Å². The number of sulfonamides is 1. The van der Waals surface area contributed by atoms with E-state index in [1.807, 2.05) is 39.0 Å². The van der Waals surface area contributed by atoms with Crippen LogP contribution < -0.4 is 14.2 Å². The first-order valence-corrected chi connectivity index (χ1v) is 8.37. The molecule has 2 rings (SSSR count). The van der Waals surface area contributed by atoms with Gasteiger partial charge < -0.3 is 9.47 Å². The van der Waals surface area contributed by atoms with Gasteiger partial charge in [0.15, 0.2) is 11.5 Å². The summed E-state index contributed by atoms with van der Waals surface area (Å²) < 4.78 is 36.8. The summed E-state index contributed by atoms with van der Waals surface area (Å²) in [6.45, 7) is 6.44. The SMILES string of the molecule is CCCS(=O)(=O)NCC(C)(C)c1ccc2c(c1)OCO2. The second-order valence-electron chi connectivity index (χ2n) is 5.59. The second-order valence-corrected chi connectivity index (χ2v) is 7.52. The van der Waals surface area contributed by atoms with Crippen molar-refractivity contribution in [2.75, 3.05) is 19.1 Å². The molecule has 1 aromatic carbocycles. The number of rotatable bonds is 6. The maximum Gasteiger partial charge on any atom is 0.231 e. The number of fused-ring (bicyclic) bond motifs is 1. The molecule has 0 saturated carbocycles. The summed E-state index contributed by atoms with van der Waals surface area (Å²) in [4.78, 5) is 0. The normalized spacial score (nSPS) is 14.6. The van der Waals surface area contributed by atoms with E-state index < -0.39 is 10.0 Å². The highest BCUT2D eigenvalue weighted by molar-refractivity contribution is 7.89. The van der Waals surface area contributed by atoms with E-state index in [4.69, 9.17) is 9.47 Å². The predicted molar refractivity (Wildman–Crippen MR) is 77.7 cm³/mol. The number of benzene rings is 1. The molecule has 0 unspecified atom stereocenters. The van der Waals surface area contributed by atoms with E-state index in [-0.39, 0.29) is 18.0 Å². The van der Waals surface area contributed by atoms with Crippen LogP contribution >= 0.6 is 0 Å². The van der Waals surface area contributed by atoms with Crippen LogP contribution in [0.15, 0.2) is 18.2 Å². The molecule has 1 aromatic rings. The van der Waals surface area contributed by atoms with E-state index in [2.05, 4.69) is 4.72 Å². The molecule has 0 spiro atoms. The number of hydrogen-bond donors (Lipinski definition) is 1. The van der Waals surface area contributed by atoms with Crippen molar-refractivity contribution in [2.24, 2.45) is 0 Å². The van der Waals surface area contributed by atoms with Crippen molar-refractivity contribution in [3.05, 3.63) is 23.8 Å². The van der Waals surface area contributed by atoms with Gasteiger partial charge in [-0.05, 0) is 24.1 Å². The summed E-state index contributed by atoms with van der Waals surface area (Å²) >= 11 is 0. The zero-order valence-electron chi connectivity index (χ0n) is 12.1. The third kappa shape index (κ3) is 3.43. The molecule has 20 heavy (non-hydrogen) atoms. The topological polar surface area (TPSA) is 64.6 Å². The molecule has 0 bridgehead atoms. The van der Waals surface area contributed by atoms with E-state index >= 15 is 0 Å². The first-order valence-electron chi connectivity index (χ1n) is 6.71. The van der Waals surface area contributed by atoms with Gasteiger partial charge in [-0.3, -0.25) is 0 Å². The van der Waals surface area contributed by atoms with Crippen molar-refractivity contribution in [2.45, 2.75) is 32.6 Å². The van der Waals surface area contributed by atoms with Gasteiger partial charge in [-0.15, -0.1) is 0 Å². The first kappa shape index (κ1) is 15.1. The predicted octanol–water partition coefficient (Wildman–Crippen LogP) is 2.02. The van der Waals surface area contributed by atoms with E-state index in [0.717, 1.165) is 11.3 Å². The average molecular weight is 299 g/mol.